The third kappa shape index (κ3) is 6.27. The Bertz CT molecular complexity index is 992. The van der Waals surface area contributed by atoms with Crippen LogP contribution >= 0.6 is 11.6 Å². The summed E-state index contributed by atoms with van der Waals surface area (Å²) in [5.41, 5.74) is 2.25. The lowest BCUT2D eigenvalue weighted by molar-refractivity contribution is -0.122. The fourth-order valence-electron chi connectivity index (χ4n) is 3.37. The van der Waals surface area contributed by atoms with Gasteiger partial charge in [-0.05, 0) is 56.7 Å². The number of amides is 1. The van der Waals surface area contributed by atoms with Crippen molar-refractivity contribution < 1.29 is 17.9 Å². The van der Waals surface area contributed by atoms with Gasteiger partial charge in [-0.3, -0.25) is 9.10 Å². The lowest BCUT2D eigenvalue weighted by atomic mass is 10.2. The minimum Gasteiger partial charge on any atom is -0.495 e. The Morgan fingerprint density at radius 2 is 1.74 bits per heavy atom. The molecule has 9 heteroatoms. The second kappa shape index (κ2) is 10.7. The van der Waals surface area contributed by atoms with Crippen LogP contribution in [0.2, 0.25) is 5.02 Å². The number of hydrogen-bond donors (Lipinski definition) is 1. The summed E-state index contributed by atoms with van der Waals surface area (Å²) in [5, 5.41) is 3.16. The summed E-state index contributed by atoms with van der Waals surface area (Å²) < 4.78 is 31.4. The SMILES string of the molecule is CCN(CC)c1ccc(CNC(=O)[C@H](C)N(c2cc(Cl)ccc2OC)S(C)(=O)=O)cc1. The van der Waals surface area contributed by atoms with E-state index in [1.165, 1.54) is 20.1 Å². The number of nitrogens with zero attached hydrogens (tertiary/aromatic N) is 2. The summed E-state index contributed by atoms with van der Waals surface area (Å²) in [6.07, 6.45) is 1.04. The van der Waals surface area contributed by atoms with Crippen molar-refractivity contribution in [1.29, 1.82) is 0 Å². The number of halogens is 1. The van der Waals surface area contributed by atoms with Gasteiger partial charge in [0.25, 0.3) is 0 Å². The molecule has 2 aromatic carbocycles. The van der Waals surface area contributed by atoms with Gasteiger partial charge >= 0.3 is 0 Å². The fraction of sp³-hybridized carbons (Fsp3) is 0.409. The molecule has 0 aliphatic heterocycles. The van der Waals surface area contributed by atoms with Gasteiger partial charge < -0.3 is 15.0 Å². The first-order chi connectivity index (χ1) is 14.6. The van der Waals surface area contributed by atoms with Crippen LogP contribution in [0.15, 0.2) is 42.5 Å². The maximum absolute atomic E-state index is 12.8. The van der Waals surface area contributed by atoms with Gasteiger partial charge in [-0.15, -0.1) is 0 Å². The van der Waals surface area contributed by atoms with E-state index >= 15 is 0 Å². The molecule has 0 aromatic heterocycles. The van der Waals surface area contributed by atoms with E-state index in [1.807, 2.05) is 24.3 Å². The van der Waals surface area contributed by atoms with Crippen LogP contribution in [0.1, 0.15) is 26.3 Å². The molecule has 0 bridgehead atoms. The molecule has 0 saturated carbocycles. The monoisotopic (exact) mass is 467 g/mol. The maximum Gasteiger partial charge on any atom is 0.243 e. The second-order valence-corrected chi connectivity index (χ2v) is 9.40. The molecule has 0 unspecified atom stereocenters. The quantitative estimate of drug-likeness (QED) is 0.576. The van der Waals surface area contributed by atoms with Crippen molar-refractivity contribution in [3.05, 3.63) is 53.1 Å². The standard InChI is InChI=1S/C22H30ClN3O4S/c1-6-25(7-2)19-11-8-17(9-12-19)15-24-22(27)16(3)26(31(5,28)29)20-14-18(23)10-13-21(20)30-4/h8-14,16H,6-7,15H2,1-5H3,(H,24,27)/t16-/m0/s1. The van der Waals surface area contributed by atoms with Crippen molar-refractivity contribution >= 4 is 38.9 Å². The molecule has 0 fully saturated rings. The van der Waals surface area contributed by atoms with Crippen LogP contribution in [0.25, 0.3) is 0 Å². The van der Waals surface area contributed by atoms with Crippen molar-refractivity contribution in [2.24, 2.45) is 0 Å². The zero-order chi connectivity index (χ0) is 23.2. The Morgan fingerprint density at radius 3 is 2.26 bits per heavy atom. The minimum absolute atomic E-state index is 0.212. The summed E-state index contributed by atoms with van der Waals surface area (Å²) >= 11 is 6.07. The van der Waals surface area contributed by atoms with Crippen LogP contribution in [-0.2, 0) is 21.4 Å². The van der Waals surface area contributed by atoms with Gasteiger partial charge in [-0.25, -0.2) is 8.42 Å². The topological polar surface area (TPSA) is 79.0 Å². The predicted octanol–water partition coefficient (Wildman–Crippen LogP) is 3.67. The van der Waals surface area contributed by atoms with Crippen LogP contribution in [0.5, 0.6) is 5.75 Å². The fourth-order valence-corrected chi connectivity index (χ4v) is 4.70. The largest absolute Gasteiger partial charge is 0.495 e. The van der Waals surface area contributed by atoms with E-state index in [0.29, 0.717) is 10.8 Å². The molecule has 0 saturated heterocycles. The van der Waals surface area contributed by atoms with Gasteiger partial charge in [0.1, 0.15) is 11.8 Å². The average Bonchev–Trinajstić information content (AvgIpc) is 2.73. The summed E-state index contributed by atoms with van der Waals surface area (Å²) in [6, 6.07) is 11.6. The normalized spacial score (nSPS) is 12.2. The molecule has 1 atom stereocenters. The summed E-state index contributed by atoms with van der Waals surface area (Å²) in [6.45, 7) is 7.84. The summed E-state index contributed by atoms with van der Waals surface area (Å²) in [5.74, 6) is -0.123. The van der Waals surface area contributed by atoms with E-state index < -0.39 is 22.0 Å². The smallest absolute Gasteiger partial charge is 0.243 e. The highest BCUT2D eigenvalue weighted by molar-refractivity contribution is 7.92. The number of methoxy groups -OCH3 is 1. The second-order valence-electron chi connectivity index (χ2n) is 7.11. The van der Waals surface area contributed by atoms with E-state index in [0.717, 1.165) is 34.9 Å². The number of nitrogens with one attached hydrogen (secondary N) is 1. The first-order valence-electron chi connectivity index (χ1n) is 10.1. The van der Waals surface area contributed by atoms with Gasteiger partial charge in [0, 0.05) is 30.3 Å². The van der Waals surface area contributed by atoms with E-state index in [2.05, 4.69) is 24.1 Å². The lowest BCUT2D eigenvalue weighted by Gasteiger charge is -2.29. The molecule has 2 rings (SSSR count). The van der Waals surface area contributed by atoms with E-state index in [9.17, 15) is 13.2 Å². The molecule has 31 heavy (non-hydrogen) atoms. The molecule has 0 heterocycles. The van der Waals surface area contributed by atoms with E-state index in [-0.39, 0.29) is 12.2 Å². The molecule has 0 radical (unpaired) electrons. The van der Waals surface area contributed by atoms with Crippen molar-refractivity contribution in [3.8, 4) is 5.75 Å². The number of anilines is 2. The highest BCUT2D eigenvalue weighted by atomic mass is 35.5. The lowest BCUT2D eigenvalue weighted by Crippen LogP contribution is -2.47. The number of carbonyl (C=O) groups excluding carboxylic acids is 1. The van der Waals surface area contributed by atoms with Crippen molar-refractivity contribution in [2.45, 2.75) is 33.4 Å². The first kappa shape index (κ1) is 24.8. The third-order valence-corrected chi connectivity index (χ3v) is 6.46. The molecular weight excluding hydrogens is 438 g/mol. The number of benzene rings is 2. The molecule has 1 N–H and O–H groups in total. The summed E-state index contributed by atoms with van der Waals surface area (Å²) in [4.78, 5) is 15.1. The zero-order valence-corrected chi connectivity index (χ0v) is 20.1. The number of rotatable bonds is 10. The van der Waals surface area contributed by atoms with Gasteiger partial charge in [-0.1, -0.05) is 23.7 Å². The first-order valence-corrected chi connectivity index (χ1v) is 12.3. The number of ether oxygens (including phenoxy) is 1. The highest BCUT2D eigenvalue weighted by Crippen LogP contribution is 2.34. The third-order valence-electron chi connectivity index (χ3n) is 5.00. The zero-order valence-electron chi connectivity index (χ0n) is 18.6. The minimum atomic E-state index is -3.79. The molecular formula is C22H30ClN3O4S. The number of sulfonamides is 1. The molecule has 0 spiro atoms. The van der Waals surface area contributed by atoms with E-state index in [1.54, 1.807) is 12.1 Å². The van der Waals surface area contributed by atoms with Crippen LogP contribution in [0.4, 0.5) is 11.4 Å². The molecule has 0 aliphatic rings. The van der Waals surface area contributed by atoms with Crippen LogP contribution in [0, 0.1) is 0 Å². The Morgan fingerprint density at radius 1 is 1.13 bits per heavy atom. The Balaban J connectivity index is 2.19. The maximum atomic E-state index is 12.8. The Kier molecular flexibility index (Phi) is 8.59. The van der Waals surface area contributed by atoms with E-state index in [4.69, 9.17) is 16.3 Å². The Labute approximate surface area is 190 Å². The number of carbonyl (C=O) groups is 1. The van der Waals surface area contributed by atoms with Gasteiger partial charge in [0.15, 0.2) is 0 Å². The predicted molar refractivity (Wildman–Crippen MR) is 127 cm³/mol. The van der Waals surface area contributed by atoms with Crippen LogP contribution < -0.4 is 19.3 Å². The van der Waals surface area contributed by atoms with Crippen LogP contribution in [0.3, 0.4) is 0 Å². The van der Waals surface area contributed by atoms with Crippen molar-refractivity contribution in [1.82, 2.24) is 5.32 Å². The number of hydrogen-bond acceptors (Lipinski definition) is 5. The van der Waals surface area contributed by atoms with Crippen molar-refractivity contribution in [2.75, 3.05) is 35.7 Å². The molecule has 1 amide bonds. The molecule has 170 valence electrons. The molecule has 2 aromatic rings. The van der Waals surface area contributed by atoms with Crippen molar-refractivity contribution in [3.63, 3.8) is 0 Å². The summed E-state index contributed by atoms with van der Waals surface area (Å²) in [7, 11) is -2.36. The van der Waals surface area contributed by atoms with Crippen LogP contribution in [-0.4, -0.2) is 46.8 Å². The highest BCUT2D eigenvalue weighted by Gasteiger charge is 2.31. The molecule has 0 aliphatic carbocycles. The van der Waals surface area contributed by atoms with Gasteiger partial charge in [0.05, 0.1) is 19.1 Å². The Hall–Kier alpha value is -2.45. The molecule has 7 nitrogen and oxygen atoms in total. The van der Waals surface area contributed by atoms with Gasteiger partial charge in [-0.2, -0.15) is 0 Å². The van der Waals surface area contributed by atoms with Gasteiger partial charge in [0.2, 0.25) is 15.9 Å². The average molecular weight is 468 g/mol.